The molecule has 3 amide bonds. The standard InChI is InChI=1S/C24H35N3O6/c1-8-10-16(4)25-21(30)20(17-11-12-19(29)15(3)13-17)27(9-2)22(31)18(14-28)26-23(32)33-24(5,6)7/h2,11-13,16,18,20,28-29H,8,10,14H2,1,3-7H3,(H,25,30)(H,26,32). The first-order valence-electron chi connectivity index (χ1n) is 10.8. The van der Waals surface area contributed by atoms with E-state index in [0.29, 0.717) is 11.1 Å². The summed E-state index contributed by atoms with van der Waals surface area (Å²) in [5, 5.41) is 24.8. The average molecular weight is 462 g/mol. The van der Waals surface area contributed by atoms with Crippen LogP contribution in [-0.2, 0) is 14.3 Å². The molecule has 0 aromatic heterocycles. The fraction of sp³-hybridized carbons (Fsp3) is 0.542. The summed E-state index contributed by atoms with van der Waals surface area (Å²) in [7, 11) is 0. The maximum atomic E-state index is 13.2. The van der Waals surface area contributed by atoms with Gasteiger partial charge in [-0.1, -0.05) is 25.8 Å². The van der Waals surface area contributed by atoms with E-state index in [1.54, 1.807) is 33.8 Å². The number of nitrogens with one attached hydrogen (secondary N) is 2. The third-order valence-electron chi connectivity index (χ3n) is 4.70. The zero-order valence-electron chi connectivity index (χ0n) is 20.1. The van der Waals surface area contributed by atoms with E-state index >= 15 is 0 Å². The van der Waals surface area contributed by atoms with E-state index in [0.717, 1.165) is 17.7 Å². The van der Waals surface area contributed by atoms with Gasteiger partial charge in [0, 0.05) is 12.1 Å². The van der Waals surface area contributed by atoms with E-state index in [9.17, 15) is 24.6 Å². The summed E-state index contributed by atoms with van der Waals surface area (Å²) >= 11 is 0. The molecule has 9 heteroatoms. The summed E-state index contributed by atoms with van der Waals surface area (Å²) < 4.78 is 5.14. The van der Waals surface area contributed by atoms with Crippen molar-refractivity contribution >= 4 is 17.9 Å². The smallest absolute Gasteiger partial charge is 0.408 e. The molecule has 0 aliphatic carbocycles. The Morgan fingerprint density at radius 2 is 1.88 bits per heavy atom. The molecular formula is C24H35N3O6. The molecular weight excluding hydrogens is 426 g/mol. The van der Waals surface area contributed by atoms with Gasteiger partial charge in [-0.15, -0.1) is 0 Å². The number of hydrogen-bond acceptors (Lipinski definition) is 6. The lowest BCUT2D eigenvalue weighted by molar-refractivity contribution is -0.139. The Bertz CT molecular complexity index is 887. The molecule has 0 aliphatic rings. The van der Waals surface area contributed by atoms with Crippen LogP contribution in [-0.4, -0.2) is 57.3 Å². The van der Waals surface area contributed by atoms with Gasteiger partial charge in [0.2, 0.25) is 5.91 Å². The Labute approximate surface area is 195 Å². The second kappa shape index (κ2) is 12.1. The minimum atomic E-state index is -1.43. The number of carbonyl (C=O) groups excluding carboxylic acids is 3. The van der Waals surface area contributed by atoms with Crippen LogP contribution in [0.1, 0.15) is 64.6 Å². The van der Waals surface area contributed by atoms with Crippen LogP contribution in [0.2, 0.25) is 0 Å². The molecule has 3 unspecified atom stereocenters. The Kier molecular flexibility index (Phi) is 10.2. The van der Waals surface area contributed by atoms with Crippen molar-refractivity contribution in [1.82, 2.24) is 15.5 Å². The summed E-state index contributed by atoms with van der Waals surface area (Å²) in [6.07, 6.45) is 6.28. The number of benzene rings is 1. The summed E-state index contributed by atoms with van der Waals surface area (Å²) in [5.74, 6) is -1.36. The van der Waals surface area contributed by atoms with Crippen molar-refractivity contribution in [3.63, 3.8) is 0 Å². The summed E-state index contributed by atoms with van der Waals surface area (Å²) in [6.45, 7) is 9.67. The van der Waals surface area contributed by atoms with Gasteiger partial charge >= 0.3 is 6.09 Å². The maximum Gasteiger partial charge on any atom is 0.408 e. The number of aromatic hydroxyl groups is 1. The summed E-state index contributed by atoms with van der Waals surface area (Å²) in [5.41, 5.74) is 0.0362. The summed E-state index contributed by atoms with van der Waals surface area (Å²) in [4.78, 5) is 39.4. The third kappa shape index (κ3) is 8.31. The average Bonchev–Trinajstić information content (AvgIpc) is 2.70. The maximum absolute atomic E-state index is 13.2. The van der Waals surface area contributed by atoms with Gasteiger partial charge in [0.05, 0.1) is 6.61 Å². The molecule has 0 aliphatic heterocycles. The Morgan fingerprint density at radius 1 is 1.24 bits per heavy atom. The van der Waals surface area contributed by atoms with Gasteiger partial charge in [0.25, 0.3) is 5.91 Å². The number of phenolic OH excluding ortho intramolecular Hbond substituents is 1. The highest BCUT2D eigenvalue weighted by Gasteiger charge is 2.36. The first-order chi connectivity index (χ1) is 15.3. The number of aliphatic hydroxyl groups is 1. The van der Waals surface area contributed by atoms with Crippen LogP contribution in [0.3, 0.4) is 0 Å². The van der Waals surface area contributed by atoms with Crippen molar-refractivity contribution in [2.45, 2.75) is 78.1 Å². The first kappa shape index (κ1) is 27.8. The molecule has 0 saturated heterocycles. The number of hydrogen-bond donors (Lipinski definition) is 4. The molecule has 1 rings (SSSR count). The topological polar surface area (TPSA) is 128 Å². The van der Waals surface area contributed by atoms with Crippen LogP contribution < -0.4 is 10.6 Å². The zero-order valence-corrected chi connectivity index (χ0v) is 20.1. The minimum Gasteiger partial charge on any atom is -0.508 e. The molecule has 3 atom stereocenters. The van der Waals surface area contributed by atoms with Gasteiger partial charge in [0.15, 0.2) is 0 Å². The van der Waals surface area contributed by atoms with Gasteiger partial charge in [-0.05, 0) is 64.3 Å². The second-order valence-electron chi connectivity index (χ2n) is 8.87. The predicted octanol–water partition coefficient (Wildman–Crippen LogP) is 2.35. The number of amides is 3. The van der Waals surface area contributed by atoms with Crippen molar-refractivity contribution in [2.24, 2.45) is 0 Å². The fourth-order valence-corrected chi connectivity index (χ4v) is 3.16. The SMILES string of the molecule is C#CN(C(=O)C(CO)NC(=O)OC(C)(C)C)C(C(=O)NC(C)CCC)c1ccc(O)c(C)c1. The quantitative estimate of drug-likeness (QED) is 0.330. The van der Waals surface area contributed by atoms with Crippen molar-refractivity contribution < 1.29 is 29.3 Å². The van der Waals surface area contributed by atoms with Crippen LogP contribution in [0, 0.1) is 19.4 Å². The highest BCUT2D eigenvalue weighted by molar-refractivity contribution is 5.93. The monoisotopic (exact) mass is 461 g/mol. The molecule has 0 heterocycles. The molecule has 4 N–H and O–H groups in total. The number of nitrogens with zero attached hydrogens (tertiary/aromatic N) is 1. The molecule has 0 bridgehead atoms. The number of alkyl carbamates (subject to hydrolysis) is 1. The normalized spacial score (nSPS) is 13.8. The van der Waals surface area contributed by atoms with Gasteiger partial charge in [-0.3, -0.25) is 14.5 Å². The van der Waals surface area contributed by atoms with Gasteiger partial charge in [-0.2, -0.15) is 0 Å². The molecule has 1 aromatic rings. The Morgan fingerprint density at radius 3 is 2.36 bits per heavy atom. The summed E-state index contributed by atoms with van der Waals surface area (Å²) in [6, 6.07) is 3.80. The van der Waals surface area contributed by atoms with E-state index in [4.69, 9.17) is 11.2 Å². The van der Waals surface area contributed by atoms with Crippen LogP contribution >= 0.6 is 0 Å². The number of terminal acetylenes is 1. The highest BCUT2D eigenvalue weighted by Crippen LogP contribution is 2.27. The van der Waals surface area contributed by atoms with Crippen LogP contribution in [0.15, 0.2) is 18.2 Å². The van der Waals surface area contributed by atoms with E-state index < -0.39 is 42.2 Å². The predicted molar refractivity (Wildman–Crippen MR) is 124 cm³/mol. The lowest BCUT2D eigenvalue weighted by Gasteiger charge is -2.30. The molecule has 0 radical (unpaired) electrons. The Hall–Kier alpha value is -3.25. The van der Waals surface area contributed by atoms with Crippen molar-refractivity contribution in [1.29, 1.82) is 0 Å². The number of carbonyl (C=O) groups is 3. The number of rotatable bonds is 9. The largest absolute Gasteiger partial charge is 0.508 e. The lowest BCUT2D eigenvalue weighted by atomic mass is 10.00. The van der Waals surface area contributed by atoms with E-state index in [1.165, 1.54) is 12.1 Å². The molecule has 0 spiro atoms. The van der Waals surface area contributed by atoms with Crippen molar-refractivity contribution in [3.8, 4) is 18.2 Å². The van der Waals surface area contributed by atoms with E-state index in [1.807, 2.05) is 13.8 Å². The first-order valence-corrected chi connectivity index (χ1v) is 10.8. The number of aliphatic hydroxyl groups excluding tert-OH is 1. The van der Waals surface area contributed by atoms with Crippen molar-refractivity contribution in [2.75, 3.05) is 6.61 Å². The molecule has 9 nitrogen and oxygen atoms in total. The zero-order chi connectivity index (χ0) is 25.3. The molecule has 0 fully saturated rings. The van der Waals surface area contributed by atoms with E-state index in [2.05, 4.69) is 16.7 Å². The second-order valence-corrected chi connectivity index (χ2v) is 8.87. The molecule has 1 aromatic carbocycles. The van der Waals surface area contributed by atoms with Gasteiger partial charge in [-0.25, -0.2) is 4.79 Å². The van der Waals surface area contributed by atoms with Crippen LogP contribution in [0.25, 0.3) is 0 Å². The lowest BCUT2D eigenvalue weighted by Crippen LogP contribution is -2.53. The van der Waals surface area contributed by atoms with Gasteiger partial charge in [0.1, 0.15) is 23.4 Å². The fourth-order valence-electron chi connectivity index (χ4n) is 3.16. The highest BCUT2D eigenvalue weighted by atomic mass is 16.6. The van der Waals surface area contributed by atoms with Crippen LogP contribution in [0.4, 0.5) is 4.79 Å². The van der Waals surface area contributed by atoms with Gasteiger partial charge < -0.3 is 25.6 Å². The molecule has 0 saturated carbocycles. The Balaban J connectivity index is 3.32. The minimum absolute atomic E-state index is 0.0238. The molecule has 33 heavy (non-hydrogen) atoms. The number of phenols is 1. The molecule has 182 valence electrons. The number of ether oxygens (including phenoxy) is 1. The van der Waals surface area contributed by atoms with Crippen LogP contribution in [0.5, 0.6) is 5.75 Å². The third-order valence-corrected chi connectivity index (χ3v) is 4.70. The number of aryl methyl sites for hydroxylation is 1. The van der Waals surface area contributed by atoms with Crippen molar-refractivity contribution in [3.05, 3.63) is 29.3 Å². The van der Waals surface area contributed by atoms with E-state index in [-0.39, 0.29) is 11.8 Å².